The van der Waals surface area contributed by atoms with E-state index >= 15 is 0 Å². The van der Waals surface area contributed by atoms with Crippen LogP contribution in [0.25, 0.3) is 0 Å². The standard InChI is InChI=1S/C20H26FN5O/c1-2-22-20-24-12-16(13-25-20)19(27)23-14-18(26-10-4-3-5-11-26)15-6-8-17(21)9-7-15/h6-9,12-13,18H,2-5,10-11,14H2,1H3,(H,23,27)(H,22,24,25)/t18-/m1/s1. The first-order valence-corrected chi connectivity index (χ1v) is 9.51. The highest BCUT2D eigenvalue weighted by Crippen LogP contribution is 2.24. The molecule has 0 unspecified atom stereocenters. The van der Waals surface area contributed by atoms with Gasteiger partial charge in [-0.1, -0.05) is 18.6 Å². The van der Waals surface area contributed by atoms with Crippen LogP contribution in [0.2, 0.25) is 0 Å². The number of halogens is 1. The van der Waals surface area contributed by atoms with Crippen molar-refractivity contribution >= 4 is 11.9 Å². The average Bonchev–Trinajstić information content (AvgIpc) is 2.71. The first-order valence-electron chi connectivity index (χ1n) is 9.51. The Balaban J connectivity index is 1.67. The molecule has 0 saturated carbocycles. The van der Waals surface area contributed by atoms with Gasteiger partial charge < -0.3 is 10.6 Å². The topological polar surface area (TPSA) is 70.2 Å². The molecular weight excluding hydrogens is 345 g/mol. The van der Waals surface area contributed by atoms with E-state index in [2.05, 4.69) is 25.5 Å². The Kier molecular flexibility index (Phi) is 6.70. The molecular formula is C20H26FN5O. The first-order chi connectivity index (χ1) is 13.2. The van der Waals surface area contributed by atoms with Gasteiger partial charge in [-0.05, 0) is 50.6 Å². The second-order valence-electron chi connectivity index (χ2n) is 6.70. The fourth-order valence-electron chi connectivity index (χ4n) is 3.36. The zero-order chi connectivity index (χ0) is 19.1. The number of nitrogens with zero attached hydrogens (tertiary/aromatic N) is 3. The molecule has 1 aromatic heterocycles. The highest BCUT2D eigenvalue weighted by molar-refractivity contribution is 5.93. The monoisotopic (exact) mass is 371 g/mol. The first kappa shape index (κ1) is 19.2. The predicted molar refractivity (Wildman–Crippen MR) is 103 cm³/mol. The third-order valence-electron chi connectivity index (χ3n) is 4.79. The van der Waals surface area contributed by atoms with Crippen molar-refractivity contribution in [3.8, 4) is 0 Å². The Bertz CT molecular complexity index is 729. The molecule has 7 heteroatoms. The van der Waals surface area contributed by atoms with Crippen LogP contribution in [0.1, 0.15) is 48.1 Å². The highest BCUT2D eigenvalue weighted by Gasteiger charge is 2.23. The number of hydrogen-bond acceptors (Lipinski definition) is 5. The molecule has 2 N–H and O–H groups in total. The summed E-state index contributed by atoms with van der Waals surface area (Å²) in [6, 6.07) is 6.57. The van der Waals surface area contributed by atoms with Gasteiger partial charge in [0.25, 0.3) is 5.91 Å². The lowest BCUT2D eigenvalue weighted by Crippen LogP contribution is -2.40. The summed E-state index contributed by atoms with van der Waals surface area (Å²) in [5, 5.41) is 5.99. The van der Waals surface area contributed by atoms with Crippen molar-refractivity contribution in [1.82, 2.24) is 20.2 Å². The average molecular weight is 371 g/mol. The molecule has 3 rings (SSSR count). The van der Waals surface area contributed by atoms with Gasteiger partial charge in [-0.15, -0.1) is 0 Å². The van der Waals surface area contributed by atoms with Crippen LogP contribution in [0, 0.1) is 5.82 Å². The lowest BCUT2D eigenvalue weighted by atomic mass is 10.0. The van der Waals surface area contributed by atoms with Crippen molar-refractivity contribution in [2.24, 2.45) is 0 Å². The van der Waals surface area contributed by atoms with Gasteiger partial charge in [-0.3, -0.25) is 9.69 Å². The fourth-order valence-corrected chi connectivity index (χ4v) is 3.36. The van der Waals surface area contributed by atoms with E-state index < -0.39 is 0 Å². The summed E-state index contributed by atoms with van der Waals surface area (Å²) in [5.74, 6) is 0.0480. The molecule has 1 fully saturated rings. The van der Waals surface area contributed by atoms with Crippen LogP contribution in [0.4, 0.5) is 10.3 Å². The van der Waals surface area contributed by atoms with E-state index in [1.807, 2.05) is 6.92 Å². The minimum Gasteiger partial charge on any atom is -0.355 e. The molecule has 2 heterocycles. The quantitative estimate of drug-likeness (QED) is 0.783. The van der Waals surface area contributed by atoms with E-state index in [0.717, 1.165) is 38.0 Å². The van der Waals surface area contributed by atoms with Crippen LogP contribution < -0.4 is 10.6 Å². The van der Waals surface area contributed by atoms with E-state index in [0.29, 0.717) is 18.1 Å². The van der Waals surface area contributed by atoms with Gasteiger partial charge in [0.15, 0.2) is 0 Å². The lowest BCUT2D eigenvalue weighted by molar-refractivity contribution is 0.0923. The van der Waals surface area contributed by atoms with Crippen molar-refractivity contribution in [3.63, 3.8) is 0 Å². The molecule has 0 spiro atoms. The van der Waals surface area contributed by atoms with Gasteiger partial charge >= 0.3 is 0 Å². The van der Waals surface area contributed by atoms with Gasteiger partial charge in [0.1, 0.15) is 5.82 Å². The molecule has 1 aliphatic rings. The molecule has 1 atom stereocenters. The molecule has 0 bridgehead atoms. The maximum Gasteiger partial charge on any atom is 0.254 e. The molecule has 1 aliphatic heterocycles. The summed E-state index contributed by atoms with van der Waals surface area (Å²) in [4.78, 5) is 23.1. The number of hydrogen-bond donors (Lipinski definition) is 2. The maximum atomic E-state index is 13.3. The van der Waals surface area contributed by atoms with E-state index in [4.69, 9.17) is 0 Å². The van der Waals surface area contributed by atoms with Crippen LogP contribution in [-0.2, 0) is 0 Å². The zero-order valence-electron chi connectivity index (χ0n) is 15.6. The van der Waals surface area contributed by atoms with Gasteiger partial charge in [0.05, 0.1) is 11.6 Å². The summed E-state index contributed by atoms with van der Waals surface area (Å²) < 4.78 is 13.3. The maximum absolute atomic E-state index is 13.3. The lowest BCUT2D eigenvalue weighted by Gasteiger charge is -2.35. The van der Waals surface area contributed by atoms with Crippen LogP contribution in [-0.4, -0.2) is 47.0 Å². The molecule has 1 amide bonds. The molecule has 144 valence electrons. The number of carbonyl (C=O) groups is 1. The normalized spacial score (nSPS) is 15.9. The second kappa shape index (κ2) is 9.41. The number of amides is 1. The fraction of sp³-hybridized carbons (Fsp3) is 0.450. The van der Waals surface area contributed by atoms with Crippen molar-refractivity contribution in [2.45, 2.75) is 32.2 Å². The minimum absolute atomic E-state index is 0.0248. The minimum atomic E-state index is -0.252. The SMILES string of the molecule is CCNc1ncc(C(=O)NC[C@H](c2ccc(F)cc2)N2CCCCC2)cn1. The van der Waals surface area contributed by atoms with Crippen molar-refractivity contribution < 1.29 is 9.18 Å². The number of benzene rings is 1. The number of piperidine rings is 1. The third kappa shape index (κ3) is 5.23. The Morgan fingerprint density at radius 2 is 1.81 bits per heavy atom. The number of likely N-dealkylation sites (tertiary alicyclic amines) is 1. The van der Waals surface area contributed by atoms with E-state index in [9.17, 15) is 9.18 Å². The number of anilines is 1. The highest BCUT2D eigenvalue weighted by atomic mass is 19.1. The summed E-state index contributed by atoms with van der Waals surface area (Å²) in [5.41, 5.74) is 1.44. The number of carbonyl (C=O) groups excluding carboxylic acids is 1. The van der Waals surface area contributed by atoms with Crippen LogP contribution in [0.15, 0.2) is 36.7 Å². The van der Waals surface area contributed by atoms with Gasteiger partial charge in [0.2, 0.25) is 5.95 Å². The van der Waals surface area contributed by atoms with E-state index in [-0.39, 0.29) is 17.8 Å². The molecule has 1 aromatic carbocycles. The van der Waals surface area contributed by atoms with Gasteiger partial charge in [-0.2, -0.15) is 0 Å². The molecule has 2 aromatic rings. The molecule has 0 radical (unpaired) electrons. The molecule has 27 heavy (non-hydrogen) atoms. The van der Waals surface area contributed by atoms with Crippen LogP contribution in [0.5, 0.6) is 0 Å². The summed E-state index contributed by atoms with van der Waals surface area (Å²) in [7, 11) is 0. The molecule has 1 saturated heterocycles. The van der Waals surface area contributed by atoms with Gasteiger partial charge in [-0.25, -0.2) is 14.4 Å². The number of nitrogens with one attached hydrogen (secondary N) is 2. The Morgan fingerprint density at radius 1 is 1.15 bits per heavy atom. The summed E-state index contributed by atoms with van der Waals surface area (Å²) in [6.45, 7) is 5.11. The van der Waals surface area contributed by atoms with Crippen molar-refractivity contribution in [3.05, 3.63) is 53.6 Å². The number of aromatic nitrogens is 2. The summed E-state index contributed by atoms with van der Waals surface area (Å²) >= 11 is 0. The Labute approximate surface area is 159 Å². The van der Waals surface area contributed by atoms with Crippen LogP contribution >= 0.6 is 0 Å². The smallest absolute Gasteiger partial charge is 0.254 e. The van der Waals surface area contributed by atoms with E-state index in [1.54, 1.807) is 12.1 Å². The molecule has 6 nitrogen and oxygen atoms in total. The number of rotatable bonds is 7. The Hall–Kier alpha value is -2.54. The second-order valence-corrected chi connectivity index (χ2v) is 6.70. The predicted octanol–water partition coefficient (Wildman–Crippen LogP) is 3.00. The van der Waals surface area contributed by atoms with Gasteiger partial charge in [0, 0.05) is 25.5 Å². The van der Waals surface area contributed by atoms with Crippen LogP contribution in [0.3, 0.4) is 0 Å². The zero-order valence-corrected chi connectivity index (χ0v) is 15.6. The largest absolute Gasteiger partial charge is 0.355 e. The van der Waals surface area contributed by atoms with Crippen molar-refractivity contribution in [2.75, 3.05) is 31.5 Å². The van der Waals surface area contributed by atoms with E-state index in [1.165, 1.54) is 30.9 Å². The van der Waals surface area contributed by atoms with Crippen molar-refractivity contribution in [1.29, 1.82) is 0 Å². The third-order valence-corrected chi connectivity index (χ3v) is 4.79. The Morgan fingerprint density at radius 3 is 2.44 bits per heavy atom. The summed E-state index contributed by atoms with van der Waals surface area (Å²) in [6.07, 6.45) is 6.56. The molecule has 0 aliphatic carbocycles.